The summed E-state index contributed by atoms with van der Waals surface area (Å²) in [6.45, 7) is 7.73. The lowest BCUT2D eigenvalue weighted by Gasteiger charge is -2.51. The molecular weight excluding hydrogens is 508 g/mol. The Hall–Kier alpha value is -2.36. The molecule has 33 heavy (non-hydrogen) atoms. The number of alkyl halides is 1. The largest absolute Gasteiger partial charge is 0.460 e. The fraction of sp³-hybridized carbons (Fsp3) is 0.375. The molecule has 3 heterocycles. The highest BCUT2D eigenvalue weighted by molar-refractivity contribution is 9.10. The summed E-state index contributed by atoms with van der Waals surface area (Å²) in [5.41, 5.74) is 1.31. The minimum atomic E-state index is -1.62. The number of Topliss-reactive ketones (excluding diaryl/α,β-unsaturated/α-hetero) is 1. The number of aliphatic hydroxyl groups excluding tert-OH is 1. The highest BCUT2D eigenvalue weighted by atomic mass is 79.9. The average molecular weight is 533 g/mol. The number of hydrogen-bond acceptors (Lipinski definition) is 6. The van der Waals surface area contributed by atoms with Crippen molar-refractivity contribution in [2.75, 3.05) is 6.61 Å². The zero-order valence-corrected chi connectivity index (χ0v) is 20.7. The Labute approximate surface area is 204 Å². The van der Waals surface area contributed by atoms with Crippen LogP contribution in [0.15, 0.2) is 61.3 Å². The number of nitrogens with zero attached hydrogens (tertiary/aromatic N) is 2. The minimum absolute atomic E-state index is 0.0434. The lowest BCUT2D eigenvalue weighted by atomic mass is 9.85. The first-order valence-electron chi connectivity index (χ1n) is 10.5. The maximum absolute atomic E-state index is 13.3. The molecule has 4 atom stereocenters. The second-order valence-electron chi connectivity index (χ2n) is 8.65. The molecule has 0 radical (unpaired) electrons. The predicted octanol–water partition coefficient (Wildman–Crippen LogP) is 3.01. The lowest BCUT2D eigenvalue weighted by Crippen LogP contribution is -2.75. The Kier molecular flexibility index (Phi) is 6.32. The number of carbonyl (C=O) groups is 3. The van der Waals surface area contributed by atoms with Gasteiger partial charge in [0.05, 0.1) is 5.69 Å². The number of carbonyl (C=O) groups excluding carboxylic acids is 3. The van der Waals surface area contributed by atoms with Gasteiger partial charge in [-0.2, -0.15) is 0 Å². The summed E-state index contributed by atoms with van der Waals surface area (Å²) in [4.78, 5) is 40.6. The quantitative estimate of drug-likeness (QED) is 0.185. The third-order valence-corrected chi connectivity index (χ3v) is 9.18. The number of ketones is 1. The van der Waals surface area contributed by atoms with Crippen molar-refractivity contribution in [2.45, 2.75) is 47.0 Å². The van der Waals surface area contributed by atoms with Gasteiger partial charge in [-0.1, -0.05) is 58.9 Å². The standard InChI is InChI=1S/C24H25BrN2O5S/c1-4-13-32-20(30)18-23(2,3)33-22-24(25,21(31)27(18)22)19(29)17(28)16-11-8-12-26(16)14-15-9-6-5-7-10-15/h4-12,18-19,22,29H,1,13-14H2,2-3H3/t18-,19?,22+,24?/m0/s1. The Balaban J connectivity index is 1.56. The molecule has 2 aliphatic heterocycles. The van der Waals surface area contributed by atoms with Gasteiger partial charge in [-0.05, 0) is 31.5 Å². The first-order chi connectivity index (χ1) is 15.6. The van der Waals surface area contributed by atoms with Crippen LogP contribution in [0.4, 0.5) is 0 Å². The van der Waals surface area contributed by atoms with E-state index >= 15 is 0 Å². The van der Waals surface area contributed by atoms with Gasteiger partial charge in [0.1, 0.15) is 24.1 Å². The molecule has 1 aromatic heterocycles. The van der Waals surface area contributed by atoms with E-state index in [9.17, 15) is 19.5 Å². The van der Waals surface area contributed by atoms with Gasteiger partial charge >= 0.3 is 5.97 Å². The van der Waals surface area contributed by atoms with Crippen LogP contribution in [0.25, 0.3) is 0 Å². The van der Waals surface area contributed by atoms with Crippen LogP contribution in [-0.2, 0) is 20.9 Å². The minimum Gasteiger partial charge on any atom is -0.460 e. The normalized spacial score (nSPS) is 26.3. The van der Waals surface area contributed by atoms with Crippen LogP contribution in [0.2, 0.25) is 0 Å². The van der Waals surface area contributed by atoms with Gasteiger partial charge in [0.15, 0.2) is 4.32 Å². The zero-order chi connectivity index (χ0) is 24.0. The van der Waals surface area contributed by atoms with Crippen molar-refractivity contribution in [3.63, 3.8) is 0 Å². The monoisotopic (exact) mass is 532 g/mol. The molecule has 4 rings (SSSR count). The Morgan fingerprint density at radius 1 is 1.27 bits per heavy atom. The van der Waals surface area contributed by atoms with E-state index < -0.39 is 44.3 Å². The third kappa shape index (κ3) is 3.86. The smallest absolute Gasteiger partial charge is 0.330 e. The molecule has 2 aliphatic rings. The molecule has 2 fully saturated rings. The first-order valence-corrected chi connectivity index (χ1v) is 12.2. The maximum atomic E-state index is 13.3. The molecule has 2 unspecified atom stereocenters. The van der Waals surface area contributed by atoms with Gasteiger partial charge in [0.2, 0.25) is 11.7 Å². The van der Waals surface area contributed by atoms with Crippen LogP contribution >= 0.6 is 27.7 Å². The number of amides is 1. The van der Waals surface area contributed by atoms with Crippen molar-refractivity contribution in [1.82, 2.24) is 9.47 Å². The molecule has 0 aliphatic carbocycles. The molecule has 7 nitrogen and oxygen atoms in total. The van der Waals surface area contributed by atoms with Crippen LogP contribution in [-0.4, -0.2) is 65.4 Å². The van der Waals surface area contributed by atoms with Gasteiger partial charge in [-0.3, -0.25) is 9.59 Å². The number of rotatable bonds is 8. The molecule has 174 valence electrons. The molecule has 2 saturated heterocycles. The second kappa shape index (κ2) is 8.77. The summed E-state index contributed by atoms with van der Waals surface area (Å²) in [5, 5.41) is 10.5. The van der Waals surface area contributed by atoms with E-state index in [-0.39, 0.29) is 6.61 Å². The van der Waals surface area contributed by atoms with Gasteiger partial charge < -0.3 is 19.3 Å². The molecule has 1 aromatic carbocycles. The SMILES string of the molecule is C=CCOC(=O)[C@@H]1N2C(=O)C(Br)(C(O)C(=O)c3cccn3Cc3ccccc3)[C@H]2SC1(C)C. The number of ether oxygens (including phenoxy) is 1. The molecule has 0 spiro atoms. The number of aliphatic hydroxyl groups is 1. The highest BCUT2D eigenvalue weighted by Crippen LogP contribution is 2.59. The summed E-state index contributed by atoms with van der Waals surface area (Å²) < 4.78 is 4.77. The molecule has 2 aromatic rings. The molecule has 0 bridgehead atoms. The maximum Gasteiger partial charge on any atom is 0.330 e. The van der Waals surface area contributed by atoms with Gasteiger partial charge in [0, 0.05) is 17.5 Å². The molecule has 1 N–H and O–H groups in total. The zero-order valence-electron chi connectivity index (χ0n) is 18.3. The number of benzene rings is 1. The van der Waals surface area contributed by atoms with E-state index in [0.717, 1.165) is 5.56 Å². The molecule has 9 heteroatoms. The summed E-state index contributed by atoms with van der Waals surface area (Å²) in [6.07, 6.45) is 1.60. The first kappa shape index (κ1) is 23.8. The Morgan fingerprint density at radius 3 is 2.64 bits per heavy atom. The number of fused-ring (bicyclic) bond motifs is 1. The highest BCUT2D eigenvalue weighted by Gasteiger charge is 2.74. The van der Waals surface area contributed by atoms with Crippen molar-refractivity contribution < 1.29 is 24.2 Å². The second-order valence-corrected chi connectivity index (χ2v) is 11.7. The van der Waals surface area contributed by atoms with Crippen LogP contribution in [0.1, 0.15) is 29.9 Å². The van der Waals surface area contributed by atoms with Gasteiger partial charge in [-0.15, -0.1) is 11.8 Å². The van der Waals surface area contributed by atoms with Crippen LogP contribution in [0.5, 0.6) is 0 Å². The van der Waals surface area contributed by atoms with E-state index in [4.69, 9.17) is 4.74 Å². The summed E-state index contributed by atoms with van der Waals surface area (Å²) >= 11 is 4.76. The molecule has 0 saturated carbocycles. The van der Waals surface area contributed by atoms with Gasteiger partial charge in [-0.25, -0.2) is 4.79 Å². The topological polar surface area (TPSA) is 88.8 Å². The Bertz CT molecular complexity index is 1100. The van der Waals surface area contributed by atoms with Crippen LogP contribution < -0.4 is 0 Å². The Morgan fingerprint density at radius 2 is 1.97 bits per heavy atom. The van der Waals surface area contributed by atoms with Crippen molar-refractivity contribution in [3.05, 3.63) is 72.6 Å². The van der Waals surface area contributed by atoms with E-state index in [1.54, 1.807) is 22.9 Å². The van der Waals surface area contributed by atoms with Crippen molar-refractivity contribution in [3.8, 4) is 0 Å². The molecular formula is C24H25BrN2O5S. The predicted molar refractivity (Wildman–Crippen MR) is 129 cm³/mol. The fourth-order valence-electron chi connectivity index (χ4n) is 4.38. The summed E-state index contributed by atoms with van der Waals surface area (Å²) in [7, 11) is 0. The number of halogens is 1. The third-order valence-electron chi connectivity index (χ3n) is 6.02. The fourth-order valence-corrected chi connectivity index (χ4v) is 6.94. The van der Waals surface area contributed by atoms with E-state index in [0.29, 0.717) is 12.2 Å². The lowest BCUT2D eigenvalue weighted by molar-refractivity contribution is -0.166. The number of thioether (sulfide) groups is 1. The summed E-state index contributed by atoms with van der Waals surface area (Å²) in [5.74, 6) is -1.60. The number of β-lactam (4-membered cyclic amide) rings is 1. The van der Waals surface area contributed by atoms with Gasteiger partial charge in [0.25, 0.3) is 0 Å². The number of hydrogen-bond donors (Lipinski definition) is 1. The van der Waals surface area contributed by atoms with E-state index in [1.807, 2.05) is 44.2 Å². The van der Waals surface area contributed by atoms with E-state index in [1.165, 1.54) is 22.7 Å². The van der Waals surface area contributed by atoms with Crippen molar-refractivity contribution >= 4 is 45.4 Å². The van der Waals surface area contributed by atoms with Crippen LogP contribution in [0, 0.1) is 0 Å². The summed E-state index contributed by atoms with van der Waals surface area (Å²) in [6, 6.07) is 12.2. The van der Waals surface area contributed by atoms with Crippen LogP contribution in [0.3, 0.4) is 0 Å². The number of aromatic nitrogens is 1. The average Bonchev–Trinajstić information content (AvgIpc) is 3.36. The number of esters is 1. The van der Waals surface area contributed by atoms with Crippen molar-refractivity contribution in [1.29, 1.82) is 0 Å². The van der Waals surface area contributed by atoms with Crippen molar-refractivity contribution in [2.24, 2.45) is 0 Å². The van der Waals surface area contributed by atoms with E-state index in [2.05, 4.69) is 22.5 Å². The molecule has 1 amide bonds.